The lowest BCUT2D eigenvalue weighted by Gasteiger charge is -2.32. The summed E-state index contributed by atoms with van der Waals surface area (Å²) in [5.41, 5.74) is 6.44. The summed E-state index contributed by atoms with van der Waals surface area (Å²) in [6, 6.07) is 18.8. The number of piperidine rings is 1. The summed E-state index contributed by atoms with van der Waals surface area (Å²) in [6.45, 7) is 4.24. The van der Waals surface area contributed by atoms with E-state index in [1.807, 2.05) is 42.8 Å². The Morgan fingerprint density at radius 3 is 2.55 bits per heavy atom. The number of anilines is 1. The van der Waals surface area contributed by atoms with Gasteiger partial charge in [0, 0.05) is 35.9 Å². The van der Waals surface area contributed by atoms with Gasteiger partial charge in [0.15, 0.2) is 5.65 Å². The molecule has 0 bridgehead atoms. The van der Waals surface area contributed by atoms with E-state index in [2.05, 4.69) is 53.5 Å². The number of hydrogen-bond acceptors (Lipinski definition) is 4. The molecule has 1 N–H and O–H groups in total. The molecular formula is C25H28B2ClN5. The molecule has 4 aromatic rings. The normalized spacial score (nSPS) is 15.2. The fourth-order valence-electron chi connectivity index (χ4n) is 4.55. The van der Waals surface area contributed by atoms with Gasteiger partial charge in [-0.05, 0) is 48.9 Å². The third kappa shape index (κ3) is 4.94. The first kappa shape index (κ1) is 22.1. The summed E-state index contributed by atoms with van der Waals surface area (Å²) in [5.74, 6) is 1.60. The van der Waals surface area contributed by atoms with Crippen molar-refractivity contribution in [2.75, 3.05) is 25.0 Å². The Balaban J connectivity index is 1.26. The zero-order chi connectivity index (χ0) is 22.8. The molecule has 0 saturated carbocycles. The van der Waals surface area contributed by atoms with Gasteiger partial charge in [-0.3, -0.25) is 4.90 Å². The van der Waals surface area contributed by atoms with Crippen LogP contribution in [0.4, 0.5) is 5.82 Å². The Kier molecular flexibility index (Phi) is 6.43. The highest BCUT2D eigenvalue weighted by molar-refractivity contribution is 6.36. The molecule has 0 aliphatic carbocycles. The van der Waals surface area contributed by atoms with Crippen LogP contribution in [0.2, 0.25) is 5.02 Å². The van der Waals surface area contributed by atoms with Crippen molar-refractivity contribution >= 4 is 49.7 Å². The second kappa shape index (κ2) is 9.62. The molecule has 1 fully saturated rings. The van der Waals surface area contributed by atoms with Crippen LogP contribution in [-0.4, -0.2) is 54.8 Å². The van der Waals surface area contributed by atoms with Gasteiger partial charge in [-0.15, -0.1) is 0 Å². The first-order valence-corrected chi connectivity index (χ1v) is 12.1. The molecule has 5 nitrogen and oxygen atoms in total. The first-order chi connectivity index (χ1) is 16.1. The van der Waals surface area contributed by atoms with Gasteiger partial charge in [-0.1, -0.05) is 59.5 Å². The molecular weight excluding hydrogens is 427 g/mol. The van der Waals surface area contributed by atoms with E-state index in [1.165, 1.54) is 23.9 Å². The van der Waals surface area contributed by atoms with Crippen LogP contribution in [0.15, 0.2) is 60.8 Å². The van der Waals surface area contributed by atoms with E-state index in [1.54, 1.807) is 0 Å². The molecule has 0 amide bonds. The highest BCUT2D eigenvalue weighted by Crippen LogP contribution is 2.28. The van der Waals surface area contributed by atoms with E-state index in [-0.39, 0.29) is 0 Å². The van der Waals surface area contributed by atoms with E-state index in [0.29, 0.717) is 10.9 Å². The molecule has 1 saturated heterocycles. The molecule has 8 heteroatoms. The number of fused-ring (bicyclic) bond motifs is 1. The van der Waals surface area contributed by atoms with Gasteiger partial charge < -0.3 is 5.32 Å². The Labute approximate surface area is 202 Å². The van der Waals surface area contributed by atoms with E-state index in [4.69, 9.17) is 16.6 Å². The number of likely N-dealkylation sites (tertiary alicyclic amines) is 1. The van der Waals surface area contributed by atoms with E-state index in [0.717, 1.165) is 54.4 Å². The third-order valence-electron chi connectivity index (χ3n) is 6.60. The molecule has 1 aliphatic rings. The largest absolute Gasteiger partial charge is 0.370 e. The lowest BCUT2D eigenvalue weighted by molar-refractivity contribution is 0.182. The van der Waals surface area contributed by atoms with Crippen LogP contribution in [0.25, 0.3) is 16.9 Å². The predicted octanol–water partition coefficient (Wildman–Crippen LogP) is 1.89. The first-order valence-electron chi connectivity index (χ1n) is 11.7. The van der Waals surface area contributed by atoms with Crippen molar-refractivity contribution in [3.8, 4) is 11.3 Å². The van der Waals surface area contributed by atoms with Gasteiger partial charge in [-0.2, -0.15) is 9.61 Å². The smallest absolute Gasteiger partial charge is 0.151 e. The fourth-order valence-corrected chi connectivity index (χ4v) is 4.79. The Morgan fingerprint density at radius 1 is 1.03 bits per heavy atom. The zero-order valence-electron chi connectivity index (χ0n) is 19.3. The van der Waals surface area contributed by atoms with E-state index in [9.17, 15) is 0 Å². The number of halogens is 1. The summed E-state index contributed by atoms with van der Waals surface area (Å²) in [6.07, 6.45) is 4.26. The molecule has 1 aliphatic heterocycles. The molecule has 5 rings (SSSR count). The lowest BCUT2D eigenvalue weighted by Crippen LogP contribution is -2.35. The Morgan fingerprint density at radius 2 is 1.79 bits per heavy atom. The SMILES string of the molecule is Bc1ccc(CN2CCC(CNc3cc(-c4ccccc4Cl)nc4c(B)cnn34)CC2)cc1. The number of aromatic nitrogens is 3. The third-order valence-corrected chi connectivity index (χ3v) is 6.93. The molecule has 2 aromatic heterocycles. The van der Waals surface area contributed by atoms with Crippen LogP contribution in [0, 0.1) is 5.92 Å². The van der Waals surface area contributed by atoms with Crippen LogP contribution in [0.3, 0.4) is 0 Å². The average Bonchev–Trinajstić information content (AvgIpc) is 3.21. The van der Waals surface area contributed by atoms with Gasteiger partial charge in [0.2, 0.25) is 0 Å². The molecule has 2 aromatic carbocycles. The van der Waals surface area contributed by atoms with E-state index < -0.39 is 0 Å². The maximum atomic E-state index is 6.47. The molecule has 0 unspecified atom stereocenters. The summed E-state index contributed by atoms with van der Waals surface area (Å²) < 4.78 is 1.90. The monoisotopic (exact) mass is 455 g/mol. The van der Waals surface area contributed by atoms with Crippen molar-refractivity contribution in [3.63, 3.8) is 0 Å². The molecule has 33 heavy (non-hydrogen) atoms. The molecule has 0 atom stereocenters. The van der Waals surface area contributed by atoms with Gasteiger partial charge in [0.25, 0.3) is 0 Å². The highest BCUT2D eigenvalue weighted by atomic mass is 35.5. The van der Waals surface area contributed by atoms with Crippen molar-refractivity contribution in [1.29, 1.82) is 0 Å². The van der Waals surface area contributed by atoms with Gasteiger partial charge in [0.05, 0.1) is 5.69 Å². The van der Waals surface area contributed by atoms with Crippen LogP contribution >= 0.6 is 11.6 Å². The average molecular weight is 456 g/mol. The second-order valence-electron chi connectivity index (χ2n) is 9.16. The summed E-state index contributed by atoms with van der Waals surface area (Å²) in [5, 5.41) is 8.93. The predicted molar refractivity (Wildman–Crippen MR) is 143 cm³/mol. The van der Waals surface area contributed by atoms with Crippen LogP contribution < -0.4 is 16.2 Å². The molecule has 166 valence electrons. The summed E-state index contributed by atoms with van der Waals surface area (Å²) in [4.78, 5) is 7.41. The van der Waals surface area contributed by atoms with Gasteiger partial charge >= 0.3 is 0 Å². The molecule has 3 heterocycles. The maximum Gasteiger partial charge on any atom is 0.151 e. The minimum atomic E-state index is 0.642. The Hall–Kier alpha value is -2.76. The van der Waals surface area contributed by atoms with Crippen molar-refractivity contribution in [2.24, 2.45) is 5.92 Å². The number of hydrogen-bond donors (Lipinski definition) is 1. The van der Waals surface area contributed by atoms with Crippen LogP contribution in [0.5, 0.6) is 0 Å². The summed E-state index contributed by atoms with van der Waals surface area (Å²) >= 11 is 6.47. The molecule has 0 spiro atoms. The van der Waals surface area contributed by atoms with Crippen molar-refractivity contribution in [3.05, 3.63) is 71.4 Å². The topological polar surface area (TPSA) is 45.5 Å². The van der Waals surface area contributed by atoms with Crippen molar-refractivity contribution in [2.45, 2.75) is 19.4 Å². The lowest BCUT2D eigenvalue weighted by atomic mass is 9.94. The number of benzene rings is 2. The highest BCUT2D eigenvalue weighted by Gasteiger charge is 2.20. The molecule has 0 radical (unpaired) electrons. The number of nitrogens with zero attached hydrogens (tertiary/aromatic N) is 4. The van der Waals surface area contributed by atoms with E-state index >= 15 is 0 Å². The zero-order valence-corrected chi connectivity index (χ0v) is 20.0. The quantitative estimate of drug-likeness (QED) is 0.451. The van der Waals surface area contributed by atoms with Crippen molar-refractivity contribution in [1.82, 2.24) is 19.5 Å². The van der Waals surface area contributed by atoms with Crippen LogP contribution in [-0.2, 0) is 6.54 Å². The standard InChI is InChI=1S/C25H28B2ClN5/c26-19-7-5-18(6-8-19)16-32-11-9-17(10-12-32)14-29-24-13-23(20-3-1-2-4-22(20)28)31-25-21(27)15-30-33(24)25/h1-8,13,15,17,29H,9-12,14,16,26-27H2. The van der Waals surface area contributed by atoms with Gasteiger partial charge in [-0.25, -0.2) is 4.98 Å². The second-order valence-corrected chi connectivity index (χ2v) is 9.56. The minimum absolute atomic E-state index is 0.642. The Bertz CT molecular complexity index is 1250. The number of rotatable bonds is 6. The van der Waals surface area contributed by atoms with Crippen LogP contribution in [0.1, 0.15) is 18.4 Å². The fraction of sp³-hybridized carbons (Fsp3) is 0.280. The summed E-state index contributed by atoms with van der Waals surface area (Å²) in [7, 11) is 4.18. The maximum absolute atomic E-state index is 6.47. The van der Waals surface area contributed by atoms with Gasteiger partial charge in [0.1, 0.15) is 21.5 Å². The number of nitrogens with one attached hydrogen (secondary N) is 1. The van der Waals surface area contributed by atoms with Crippen molar-refractivity contribution < 1.29 is 0 Å². The minimum Gasteiger partial charge on any atom is -0.370 e.